The molecule has 0 fully saturated rings. The summed E-state index contributed by atoms with van der Waals surface area (Å²) in [5.74, 6) is -1.12. The Bertz CT molecular complexity index is 1240. The van der Waals surface area contributed by atoms with Crippen molar-refractivity contribution < 1.29 is 32.5 Å². The number of alkyl halides is 3. The Balaban J connectivity index is 1.82. The lowest BCUT2D eigenvalue weighted by atomic mass is 10.2. The molecular weight excluding hydrogens is 451 g/mol. The Morgan fingerprint density at radius 1 is 1.12 bits per heavy atom. The van der Waals surface area contributed by atoms with Crippen LogP contribution in [0.25, 0.3) is 0 Å². The second-order valence-corrected chi connectivity index (χ2v) is 6.70. The maximum atomic E-state index is 12.9. The molecule has 11 nitrogen and oxygen atoms in total. The minimum absolute atomic E-state index is 0.0745. The molecule has 0 saturated heterocycles. The van der Waals surface area contributed by atoms with Gasteiger partial charge in [-0.25, -0.2) is 0 Å². The minimum atomic E-state index is -4.61. The average molecular weight is 465 g/mol. The molecule has 33 heavy (non-hydrogen) atoms. The zero-order chi connectivity index (χ0) is 24.3. The lowest BCUT2D eigenvalue weighted by molar-refractivity contribution is -0.385. The summed E-state index contributed by atoms with van der Waals surface area (Å²) >= 11 is 0. The molecule has 0 spiro atoms. The molecule has 0 aliphatic heterocycles. The van der Waals surface area contributed by atoms with Crippen molar-refractivity contribution in [3.63, 3.8) is 0 Å². The van der Waals surface area contributed by atoms with Crippen LogP contribution in [0.5, 0.6) is 11.5 Å². The molecule has 1 heterocycles. The predicted octanol–water partition coefficient (Wildman–Crippen LogP) is 4.46. The number of ether oxygens (including phenoxy) is 1. The van der Waals surface area contributed by atoms with Crippen molar-refractivity contribution in [2.75, 3.05) is 5.32 Å². The van der Waals surface area contributed by atoms with Crippen LogP contribution in [-0.4, -0.2) is 25.5 Å². The Kier molecular flexibility index (Phi) is 6.28. The fourth-order valence-corrected chi connectivity index (χ4v) is 2.81. The Labute approximate surface area is 182 Å². The number of nitro groups is 2. The highest BCUT2D eigenvalue weighted by Gasteiger charge is 2.30. The first kappa shape index (κ1) is 23.2. The van der Waals surface area contributed by atoms with Gasteiger partial charge in [0.25, 0.3) is 5.69 Å². The summed E-state index contributed by atoms with van der Waals surface area (Å²) in [6, 6.07) is 7.10. The summed E-state index contributed by atoms with van der Waals surface area (Å²) in [5, 5.41) is 28.3. The van der Waals surface area contributed by atoms with Crippen LogP contribution in [0.3, 0.4) is 0 Å². The van der Waals surface area contributed by atoms with Gasteiger partial charge in [0.1, 0.15) is 29.9 Å². The van der Waals surface area contributed by atoms with Gasteiger partial charge in [-0.05, 0) is 25.1 Å². The van der Waals surface area contributed by atoms with Gasteiger partial charge in [-0.3, -0.25) is 29.7 Å². The third kappa shape index (κ3) is 5.81. The molecule has 3 rings (SSSR count). The lowest BCUT2D eigenvalue weighted by Gasteiger charge is -2.11. The normalized spacial score (nSPS) is 11.2. The molecule has 14 heteroatoms. The van der Waals surface area contributed by atoms with E-state index in [4.69, 9.17) is 4.74 Å². The highest BCUT2D eigenvalue weighted by Crippen LogP contribution is 2.34. The Morgan fingerprint density at radius 2 is 1.85 bits per heavy atom. The molecule has 172 valence electrons. The summed E-state index contributed by atoms with van der Waals surface area (Å²) in [6.45, 7) is 0.964. The number of nitrogens with one attached hydrogen (secondary N) is 1. The van der Waals surface area contributed by atoms with E-state index in [1.54, 1.807) is 0 Å². The van der Waals surface area contributed by atoms with Crippen LogP contribution in [0.2, 0.25) is 0 Å². The van der Waals surface area contributed by atoms with Crippen molar-refractivity contribution in [2.45, 2.75) is 19.6 Å². The molecule has 0 bridgehead atoms. The molecular formula is C19H14F3N5O6. The highest BCUT2D eigenvalue weighted by molar-refractivity contribution is 5.91. The van der Waals surface area contributed by atoms with Crippen LogP contribution in [0.15, 0.2) is 48.7 Å². The van der Waals surface area contributed by atoms with Crippen molar-refractivity contribution in [1.29, 1.82) is 0 Å². The zero-order valence-electron chi connectivity index (χ0n) is 16.7. The molecule has 2 aromatic carbocycles. The predicted molar refractivity (Wildman–Crippen MR) is 107 cm³/mol. The van der Waals surface area contributed by atoms with E-state index >= 15 is 0 Å². The zero-order valence-corrected chi connectivity index (χ0v) is 16.7. The maximum Gasteiger partial charge on any atom is 0.416 e. The number of amides is 1. The van der Waals surface area contributed by atoms with E-state index in [2.05, 4.69) is 10.4 Å². The average Bonchev–Trinajstić information content (AvgIpc) is 3.07. The number of halogens is 3. The van der Waals surface area contributed by atoms with Gasteiger partial charge in [0.15, 0.2) is 0 Å². The SMILES string of the molecule is Cc1nn(CC(=O)Nc2cc(Oc3cccc(C(F)(F)F)c3)cc([N+](=O)[O-])c2)cc1[N+](=O)[O-]. The molecule has 3 aromatic rings. The largest absolute Gasteiger partial charge is 0.457 e. The number of carbonyl (C=O) groups is 1. The maximum absolute atomic E-state index is 12.9. The van der Waals surface area contributed by atoms with Gasteiger partial charge in [-0.1, -0.05) is 6.07 Å². The second-order valence-electron chi connectivity index (χ2n) is 6.70. The first-order valence-electron chi connectivity index (χ1n) is 9.05. The van der Waals surface area contributed by atoms with Gasteiger partial charge in [0.2, 0.25) is 5.91 Å². The van der Waals surface area contributed by atoms with E-state index < -0.39 is 39.7 Å². The quantitative estimate of drug-likeness (QED) is 0.401. The summed E-state index contributed by atoms with van der Waals surface area (Å²) in [4.78, 5) is 33.0. The van der Waals surface area contributed by atoms with Gasteiger partial charge in [0, 0.05) is 12.1 Å². The Hall–Kier alpha value is -4.49. The van der Waals surface area contributed by atoms with Gasteiger partial charge >= 0.3 is 11.9 Å². The van der Waals surface area contributed by atoms with Crippen molar-refractivity contribution in [2.24, 2.45) is 0 Å². The Morgan fingerprint density at radius 3 is 2.45 bits per heavy atom. The monoisotopic (exact) mass is 465 g/mol. The van der Waals surface area contributed by atoms with Crippen LogP contribution in [0, 0.1) is 27.2 Å². The number of hydrogen-bond acceptors (Lipinski definition) is 7. The third-order valence-electron chi connectivity index (χ3n) is 4.21. The molecule has 1 aromatic heterocycles. The number of benzene rings is 2. The number of nitro benzene ring substituents is 1. The molecule has 1 amide bonds. The van der Waals surface area contributed by atoms with Gasteiger partial charge < -0.3 is 10.1 Å². The number of nitrogens with zero attached hydrogens (tertiary/aromatic N) is 4. The van der Waals surface area contributed by atoms with Crippen molar-refractivity contribution in [1.82, 2.24) is 9.78 Å². The summed E-state index contributed by atoms with van der Waals surface area (Å²) in [7, 11) is 0. The number of carbonyl (C=O) groups excluding carboxylic acids is 1. The van der Waals surface area contributed by atoms with Crippen molar-refractivity contribution in [3.05, 3.63) is 80.1 Å². The van der Waals surface area contributed by atoms with Crippen LogP contribution < -0.4 is 10.1 Å². The molecule has 1 N–H and O–H groups in total. The van der Waals surface area contributed by atoms with Crippen molar-refractivity contribution >= 4 is 23.0 Å². The number of non-ortho nitro benzene ring substituents is 1. The van der Waals surface area contributed by atoms with E-state index in [1.807, 2.05) is 0 Å². The van der Waals surface area contributed by atoms with Gasteiger partial charge in [-0.2, -0.15) is 18.3 Å². The number of aromatic nitrogens is 2. The molecule has 0 aliphatic rings. The minimum Gasteiger partial charge on any atom is -0.457 e. The molecule has 0 radical (unpaired) electrons. The number of aryl methyl sites for hydroxylation is 1. The van der Waals surface area contributed by atoms with Gasteiger partial charge in [-0.15, -0.1) is 0 Å². The smallest absolute Gasteiger partial charge is 0.416 e. The standard InChI is InChI=1S/C19H14F3N5O6/c1-11-17(27(31)32)9-25(24-11)10-18(28)23-13-6-14(26(29)30)8-16(7-13)33-15-4-2-3-12(5-15)19(20,21)22/h2-9H,10H2,1H3,(H,23,28). The summed E-state index contributed by atoms with van der Waals surface area (Å²) in [5.41, 5.74) is -1.72. The number of rotatable bonds is 7. The third-order valence-corrected chi connectivity index (χ3v) is 4.21. The highest BCUT2D eigenvalue weighted by atomic mass is 19.4. The molecule has 0 aliphatic carbocycles. The fraction of sp³-hybridized carbons (Fsp3) is 0.158. The van der Waals surface area contributed by atoms with Crippen LogP contribution >= 0.6 is 0 Å². The second kappa shape index (κ2) is 8.94. The first-order valence-corrected chi connectivity index (χ1v) is 9.05. The number of anilines is 1. The van der Waals surface area contributed by atoms with E-state index in [0.29, 0.717) is 0 Å². The summed E-state index contributed by atoms with van der Waals surface area (Å²) < 4.78 is 45.1. The topological polar surface area (TPSA) is 142 Å². The lowest BCUT2D eigenvalue weighted by Crippen LogP contribution is -2.19. The first-order chi connectivity index (χ1) is 15.4. The van der Waals surface area contributed by atoms with E-state index in [1.165, 1.54) is 19.1 Å². The molecule has 0 unspecified atom stereocenters. The number of hydrogen-bond donors (Lipinski definition) is 1. The van der Waals surface area contributed by atoms with E-state index in [0.717, 1.165) is 41.2 Å². The van der Waals surface area contributed by atoms with Crippen molar-refractivity contribution in [3.8, 4) is 11.5 Å². The van der Waals surface area contributed by atoms with Crippen LogP contribution in [-0.2, 0) is 17.5 Å². The molecule has 0 saturated carbocycles. The molecule has 0 atom stereocenters. The van der Waals surface area contributed by atoms with Gasteiger partial charge in [0.05, 0.1) is 27.2 Å². The van der Waals surface area contributed by atoms with E-state index in [-0.39, 0.29) is 28.6 Å². The van der Waals surface area contributed by atoms with Crippen LogP contribution in [0.4, 0.5) is 30.2 Å². The van der Waals surface area contributed by atoms with E-state index in [9.17, 15) is 38.2 Å². The van der Waals surface area contributed by atoms with Crippen LogP contribution in [0.1, 0.15) is 11.3 Å². The fourth-order valence-electron chi connectivity index (χ4n) is 2.81. The summed E-state index contributed by atoms with van der Waals surface area (Å²) in [6.07, 6.45) is -3.55.